The zero-order chi connectivity index (χ0) is 26.5. The number of carbonyl (C=O) groups is 3. The Kier molecular flexibility index (Phi) is 7.57. The number of carbonyl (C=O) groups excluding carboxylic acids is 3. The number of benzene rings is 3. The van der Waals surface area contributed by atoms with Gasteiger partial charge in [-0.1, -0.05) is 6.07 Å². The van der Waals surface area contributed by atoms with E-state index in [1.54, 1.807) is 42.5 Å². The van der Waals surface area contributed by atoms with E-state index < -0.39 is 29.7 Å². The summed E-state index contributed by atoms with van der Waals surface area (Å²) in [6.07, 6.45) is -0.290. The van der Waals surface area contributed by atoms with Crippen molar-refractivity contribution in [2.24, 2.45) is 0 Å². The molecule has 10 heteroatoms. The van der Waals surface area contributed by atoms with Gasteiger partial charge in [0.15, 0.2) is 11.5 Å². The van der Waals surface area contributed by atoms with Gasteiger partial charge in [-0.15, -0.1) is 0 Å². The van der Waals surface area contributed by atoms with Gasteiger partial charge in [0.25, 0.3) is 5.91 Å². The molecule has 0 radical (unpaired) electrons. The monoisotopic (exact) mass is 507 g/mol. The molecule has 0 unspecified atom stereocenters. The average Bonchev–Trinajstić information content (AvgIpc) is 3.13. The van der Waals surface area contributed by atoms with Gasteiger partial charge in [0, 0.05) is 12.2 Å². The molecule has 1 heterocycles. The minimum absolute atomic E-state index is 0.0477. The lowest BCUT2D eigenvalue weighted by atomic mass is 10.1. The second-order valence-electron chi connectivity index (χ2n) is 8.25. The number of nitrogens with one attached hydrogen (secondary N) is 1. The predicted molar refractivity (Wildman–Crippen MR) is 134 cm³/mol. The van der Waals surface area contributed by atoms with Gasteiger partial charge in [-0.3, -0.25) is 9.59 Å². The van der Waals surface area contributed by atoms with Crippen molar-refractivity contribution < 1.29 is 33.0 Å². The van der Waals surface area contributed by atoms with Crippen molar-refractivity contribution in [2.75, 3.05) is 31.5 Å². The van der Waals surface area contributed by atoms with Crippen LogP contribution in [0.15, 0.2) is 66.7 Å². The topological polar surface area (TPSA) is 97.4 Å². The summed E-state index contributed by atoms with van der Waals surface area (Å²) < 4.78 is 29.0. The molecular weight excluding hydrogens is 481 g/mol. The van der Waals surface area contributed by atoms with Gasteiger partial charge in [0.05, 0.1) is 33.4 Å². The maximum absolute atomic E-state index is 13.5. The summed E-state index contributed by atoms with van der Waals surface area (Å²) in [5.74, 6) is 0.0864. The molecular formula is C27H26FN3O6. The number of ether oxygens (including phenoxy) is 3. The van der Waals surface area contributed by atoms with Crippen molar-refractivity contribution in [3.8, 4) is 17.2 Å². The third-order valence-corrected chi connectivity index (χ3v) is 5.96. The summed E-state index contributed by atoms with van der Waals surface area (Å²) in [5.41, 5.74) is 1.41. The molecule has 0 bridgehead atoms. The molecule has 0 aromatic heterocycles. The number of methoxy groups -OCH3 is 3. The first-order valence-corrected chi connectivity index (χ1v) is 11.4. The predicted octanol–water partition coefficient (Wildman–Crippen LogP) is 4.22. The van der Waals surface area contributed by atoms with Crippen LogP contribution >= 0.6 is 0 Å². The van der Waals surface area contributed by atoms with E-state index in [1.807, 2.05) is 0 Å². The number of amides is 4. The second-order valence-corrected chi connectivity index (χ2v) is 8.25. The largest absolute Gasteiger partial charge is 0.497 e. The SMILES string of the molecule is COc1ccc(N2C(=O)[C@@H](CC(=O)Nc3ccc(F)cc3)N(Cc3ccc(OC)c(OC)c3)C2=O)cc1. The number of rotatable bonds is 9. The van der Waals surface area contributed by atoms with E-state index in [0.717, 1.165) is 4.90 Å². The molecule has 0 aliphatic carbocycles. The summed E-state index contributed by atoms with van der Waals surface area (Å²) in [4.78, 5) is 42.2. The van der Waals surface area contributed by atoms with Crippen LogP contribution in [0.25, 0.3) is 0 Å². The maximum Gasteiger partial charge on any atom is 0.332 e. The summed E-state index contributed by atoms with van der Waals surface area (Å²) in [5, 5.41) is 2.65. The van der Waals surface area contributed by atoms with Crippen LogP contribution in [0.5, 0.6) is 17.2 Å². The van der Waals surface area contributed by atoms with Crippen molar-refractivity contribution in [1.29, 1.82) is 0 Å². The molecule has 9 nitrogen and oxygen atoms in total. The number of anilines is 2. The molecule has 1 fully saturated rings. The number of halogens is 1. The van der Waals surface area contributed by atoms with E-state index >= 15 is 0 Å². The number of urea groups is 1. The maximum atomic E-state index is 13.5. The molecule has 1 atom stereocenters. The molecule has 4 rings (SSSR count). The summed E-state index contributed by atoms with van der Waals surface area (Å²) in [6.45, 7) is 0.0477. The quantitative estimate of drug-likeness (QED) is 0.436. The van der Waals surface area contributed by atoms with Crippen LogP contribution in [-0.2, 0) is 16.1 Å². The van der Waals surface area contributed by atoms with Crippen molar-refractivity contribution in [3.05, 3.63) is 78.1 Å². The second kappa shape index (κ2) is 11.0. The molecule has 3 aromatic carbocycles. The zero-order valence-electron chi connectivity index (χ0n) is 20.6. The van der Waals surface area contributed by atoms with Crippen molar-refractivity contribution in [2.45, 2.75) is 19.0 Å². The fourth-order valence-corrected chi connectivity index (χ4v) is 4.08. The van der Waals surface area contributed by atoms with Crippen LogP contribution in [0.3, 0.4) is 0 Å². The minimum atomic E-state index is -1.07. The highest BCUT2D eigenvalue weighted by Gasteiger charge is 2.46. The molecule has 1 saturated heterocycles. The number of nitrogens with zero attached hydrogens (tertiary/aromatic N) is 2. The standard InChI is InChI=1S/C27H26FN3O6/c1-35-21-11-9-20(10-12-21)31-26(33)22(15-25(32)29-19-7-5-18(28)6-8-19)30(27(31)34)16-17-4-13-23(36-2)24(14-17)37-3/h4-14,22H,15-16H2,1-3H3,(H,29,32)/t22-/m1/s1. The van der Waals surface area contributed by atoms with Gasteiger partial charge in [0.1, 0.15) is 17.6 Å². The Morgan fingerprint density at radius 1 is 0.892 bits per heavy atom. The minimum Gasteiger partial charge on any atom is -0.497 e. The first-order valence-electron chi connectivity index (χ1n) is 11.4. The molecule has 4 amide bonds. The lowest BCUT2D eigenvalue weighted by Gasteiger charge is -2.22. The molecule has 192 valence electrons. The van der Waals surface area contributed by atoms with E-state index in [2.05, 4.69) is 5.32 Å². The van der Waals surface area contributed by atoms with E-state index in [1.165, 1.54) is 50.5 Å². The fraction of sp³-hybridized carbons (Fsp3) is 0.222. The third-order valence-electron chi connectivity index (χ3n) is 5.96. The van der Waals surface area contributed by atoms with Crippen LogP contribution in [0, 0.1) is 5.82 Å². The van der Waals surface area contributed by atoms with Crippen molar-refractivity contribution in [3.63, 3.8) is 0 Å². The van der Waals surface area contributed by atoms with Crippen molar-refractivity contribution in [1.82, 2.24) is 4.90 Å². The van der Waals surface area contributed by atoms with Gasteiger partial charge in [-0.2, -0.15) is 0 Å². The molecule has 3 aromatic rings. The Hall–Kier alpha value is -4.60. The fourth-order valence-electron chi connectivity index (χ4n) is 4.08. The zero-order valence-corrected chi connectivity index (χ0v) is 20.6. The lowest BCUT2D eigenvalue weighted by Crippen LogP contribution is -2.37. The normalized spacial score (nSPS) is 15.1. The Morgan fingerprint density at radius 2 is 1.57 bits per heavy atom. The van der Waals surface area contributed by atoms with Crippen LogP contribution < -0.4 is 24.4 Å². The number of imide groups is 1. The van der Waals surface area contributed by atoms with Gasteiger partial charge in [-0.05, 0) is 66.2 Å². The molecule has 1 aliphatic rings. The average molecular weight is 508 g/mol. The first-order chi connectivity index (χ1) is 17.8. The molecule has 1 N–H and O–H groups in total. The number of hydrogen-bond acceptors (Lipinski definition) is 6. The highest BCUT2D eigenvalue weighted by Crippen LogP contribution is 2.32. The number of hydrogen-bond donors (Lipinski definition) is 1. The van der Waals surface area contributed by atoms with Crippen LogP contribution in [0.1, 0.15) is 12.0 Å². The molecule has 0 saturated carbocycles. The lowest BCUT2D eigenvalue weighted by molar-refractivity contribution is -0.124. The molecule has 37 heavy (non-hydrogen) atoms. The van der Waals surface area contributed by atoms with Gasteiger partial charge in [-0.25, -0.2) is 14.1 Å². The van der Waals surface area contributed by atoms with Crippen LogP contribution in [-0.4, -0.2) is 50.1 Å². The van der Waals surface area contributed by atoms with Gasteiger partial charge in [0.2, 0.25) is 5.91 Å². The van der Waals surface area contributed by atoms with Crippen molar-refractivity contribution >= 4 is 29.2 Å². The van der Waals surface area contributed by atoms with Gasteiger partial charge < -0.3 is 24.4 Å². The Balaban J connectivity index is 1.62. The summed E-state index contributed by atoms with van der Waals surface area (Å²) in [6, 6.07) is 15.3. The Bertz CT molecular complexity index is 1300. The molecule has 1 aliphatic heterocycles. The summed E-state index contributed by atoms with van der Waals surface area (Å²) in [7, 11) is 4.53. The Labute approximate surface area is 213 Å². The third kappa shape index (κ3) is 5.48. The first kappa shape index (κ1) is 25.5. The highest BCUT2D eigenvalue weighted by atomic mass is 19.1. The summed E-state index contributed by atoms with van der Waals surface area (Å²) >= 11 is 0. The van der Waals surface area contributed by atoms with E-state index in [9.17, 15) is 18.8 Å². The van der Waals surface area contributed by atoms with E-state index in [0.29, 0.717) is 34.2 Å². The van der Waals surface area contributed by atoms with E-state index in [4.69, 9.17) is 14.2 Å². The highest BCUT2D eigenvalue weighted by molar-refractivity contribution is 6.22. The molecule has 0 spiro atoms. The Morgan fingerprint density at radius 3 is 2.19 bits per heavy atom. The van der Waals surface area contributed by atoms with E-state index in [-0.39, 0.29) is 13.0 Å². The van der Waals surface area contributed by atoms with Gasteiger partial charge >= 0.3 is 6.03 Å². The smallest absolute Gasteiger partial charge is 0.332 e. The van der Waals surface area contributed by atoms with Crippen LogP contribution in [0.4, 0.5) is 20.6 Å². The van der Waals surface area contributed by atoms with Crippen LogP contribution in [0.2, 0.25) is 0 Å².